The Morgan fingerprint density at radius 1 is 0.552 bits per heavy atom. The third-order valence-electron chi connectivity index (χ3n) is 5.36. The zero-order valence-corrected chi connectivity index (χ0v) is 19.4. The molecule has 0 fully saturated rings. The van der Waals surface area contributed by atoms with Gasteiger partial charge in [0.1, 0.15) is 13.2 Å². The molecule has 0 heterocycles. The summed E-state index contributed by atoms with van der Waals surface area (Å²) in [5.41, 5.74) is 0. The zero-order chi connectivity index (χ0) is 22.8. The predicted molar refractivity (Wildman–Crippen MR) is 111 cm³/mol. The molecule has 8 nitrogen and oxygen atoms in total. The Balaban J connectivity index is 5.47. The summed E-state index contributed by atoms with van der Waals surface area (Å²) in [4.78, 5) is 0. The maximum absolute atomic E-state index is 9.81. The Labute approximate surface area is 176 Å². The second-order valence-corrected chi connectivity index (χ2v) is 8.48. The summed E-state index contributed by atoms with van der Waals surface area (Å²) in [6, 6.07) is 0. The maximum atomic E-state index is 9.81. The van der Waals surface area contributed by atoms with Crippen molar-refractivity contribution in [3.05, 3.63) is 0 Å². The Morgan fingerprint density at radius 3 is 1.10 bits per heavy atom. The van der Waals surface area contributed by atoms with Crippen molar-refractivity contribution in [3.8, 4) is 0 Å². The fraction of sp³-hybridized carbons (Fsp3) is 1.00. The normalized spacial score (nSPS) is 22.8. The van der Waals surface area contributed by atoms with Crippen molar-refractivity contribution in [1.82, 2.24) is 0 Å². The Bertz CT molecular complexity index is 336. The minimum Gasteiger partial charge on any atom is -0.393 e. The molecule has 8 heteroatoms. The molecule has 176 valence electrons. The molecule has 0 saturated carbocycles. The molecule has 8 unspecified atom stereocenters. The molecule has 0 aromatic carbocycles. The minimum atomic E-state index is -1.32. The fourth-order valence-corrected chi connectivity index (χ4v) is 1.89. The number of rotatable bonds is 16. The van der Waals surface area contributed by atoms with Crippen LogP contribution in [-0.2, 0) is 18.9 Å². The standard InChI is InChI=1S/C21H44O8/c1-13(15(3)22)9-28-21(11-26-19(7)17(5)24,12-27-20(8)18(6)25)29-10-14(2)16(4)23/h13-20,22-25H,9-12H2,1-8H3. The van der Waals surface area contributed by atoms with Gasteiger partial charge in [-0.2, -0.15) is 0 Å². The molecule has 0 amide bonds. The lowest BCUT2D eigenvalue weighted by molar-refractivity contribution is -0.303. The van der Waals surface area contributed by atoms with Crippen LogP contribution in [0.4, 0.5) is 0 Å². The highest BCUT2D eigenvalue weighted by Gasteiger charge is 2.37. The van der Waals surface area contributed by atoms with Gasteiger partial charge in [-0.05, 0) is 41.5 Å². The second kappa shape index (κ2) is 13.9. The summed E-state index contributed by atoms with van der Waals surface area (Å²) in [6.07, 6.45) is -3.42. The van der Waals surface area contributed by atoms with Gasteiger partial charge in [-0.1, -0.05) is 13.8 Å². The van der Waals surface area contributed by atoms with Crippen molar-refractivity contribution in [1.29, 1.82) is 0 Å². The highest BCUT2D eigenvalue weighted by Crippen LogP contribution is 2.22. The summed E-state index contributed by atoms with van der Waals surface area (Å²) in [5.74, 6) is -1.63. The average molecular weight is 425 g/mol. The van der Waals surface area contributed by atoms with Gasteiger partial charge in [-0.3, -0.25) is 0 Å². The third kappa shape index (κ3) is 11.6. The molecule has 0 aromatic heterocycles. The lowest BCUT2D eigenvalue weighted by Crippen LogP contribution is -2.50. The van der Waals surface area contributed by atoms with E-state index in [-0.39, 0.29) is 38.3 Å². The van der Waals surface area contributed by atoms with Crippen LogP contribution < -0.4 is 0 Å². The molecular formula is C21H44O8. The van der Waals surface area contributed by atoms with Gasteiger partial charge in [0.15, 0.2) is 0 Å². The van der Waals surface area contributed by atoms with Gasteiger partial charge in [0, 0.05) is 11.8 Å². The van der Waals surface area contributed by atoms with Gasteiger partial charge < -0.3 is 39.4 Å². The number of hydrogen-bond acceptors (Lipinski definition) is 8. The summed E-state index contributed by atoms with van der Waals surface area (Å²) >= 11 is 0. The van der Waals surface area contributed by atoms with E-state index in [4.69, 9.17) is 18.9 Å². The quantitative estimate of drug-likeness (QED) is 0.274. The Kier molecular flexibility index (Phi) is 13.7. The molecule has 0 aliphatic rings. The Morgan fingerprint density at radius 2 is 0.862 bits per heavy atom. The minimum absolute atomic E-state index is 0.0232. The van der Waals surface area contributed by atoms with E-state index in [2.05, 4.69) is 0 Å². The number of aliphatic hydroxyl groups is 4. The molecule has 0 radical (unpaired) electrons. The van der Waals surface area contributed by atoms with Crippen molar-refractivity contribution in [3.63, 3.8) is 0 Å². The van der Waals surface area contributed by atoms with Crippen molar-refractivity contribution in [2.75, 3.05) is 26.4 Å². The van der Waals surface area contributed by atoms with Crippen molar-refractivity contribution in [2.24, 2.45) is 11.8 Å². The van der Waals surface area contributed by atoms with Gasteiger partial charge in [0.05, 0.1) is 49.8 Å². The third-order valence-corrected chi connectivity index (χ3v) is 5.36. The fourth-order valence-electron chi connectivity index (χ4n) is 1.89. The molecule has 0 aromatic rings. The molecular weight excluding hydrogens is 380 g/mol. The first kappa shape index (κ1) is 28.7. The van der Waals surface area contributed by atoms with E-state index in [1.54, 1.807) is 41.5 Å². The van der Waals surface area contributed by atoms with Crippen LogP contribution in [0.3, 0.4) is 0 Å². The highest BCUT2D eigenvalue weighted by molar-refractivity contribution is 4.76. The number of hydrogen-bond donors (Lipinski definition) is 4. The molecule has 8 atom stereocenters. The summed E-state index contributed by atoms with van der Waals surface area (Å²) < 4.78 is 23.7. The monoisotopic (exact) mass is 424 g/mol. The highest BCUT2D eigenvalue weighted by atomic mass is 16.7. The molecule has 4 N–H and O–H groups in total. The molecule has 0 aliphatic heterocycles. The zero-order valence-electron chi connectivity index (χ0n) is 19.4. The second-order valence-electron chi connectivity index (χ2n) is 8.48. The van der Waals surface area contributed by atoms with Crippen molar-refractivity contribution >= 4 is 0 Å². The van der Waals surface area contributed by atoms with Gasteiger partial charge in [-0.15, -0.1) is 0 Å². The van der Waals surface area contributed by atoms with Crippen LogP contribution in [-0.4, -0.2) is 89.3 Å². The van der Waals surface area contributed by atoms with Crippen LogP contribution in [0, 0.1) is 11.8 Å². The summed E-state index contributed by atoms with van der Waals surface area (Å²) in [6.45, 7) is 14.2. The molecule has 0 bridgehead atoms. The smallest absolute Gasteiger partial charge is 0.216 e. The maximum Gasteiger partial charge on any atom is 0.216 e. The van der Waals surface area contributed by atoms with E-state index in [0.29, 0.717) is 0 Å². The average Bonchev–Trinajstić information content (AvgIpc) is 2.64. The van der Waals surface area contributed by atoms with Gasteiger partial charge >= 0.3 is 0 Å². The van der Waals surface area contributed by atoms with E-state index in [1.807, 2.05) is 13.8 Å². The van der Waals surface area contributed by atoms with Crippen molar-refractivity contribution < 1.29 is 39.4 Å². The first-order valence-electron chi connectivity index (χ1n) is 10.5. The van der Waals surface area contributed by atoms with Crippen molar-refractivity contribution in [2.45, 2.75) is 97.8 Å². The van der Waals surface area contributed by atoms with Gasteiger partial charge in [0.25, 0.3) is 0 Å². The molecule has 29 heavy (non-hydrogen) atoms. The first-order chi connectivity index (χ1) is 13.3. The van der Waals surface area contributed by atoms with E-state index in [9.17, 15) is 20.4 Å². The predicted octanol–water partition coefficient (Wildman–Crippen LogP) is 1.32. The van der Waals surface area contributed by atoms with E-state index in [1.165, 1.54) is 0 Å². The molecule has 0 aliphatic carbocycles. The van der Waals surface area contributed by atoms with Crippen LogP contribution in [0.5, 0.6) is 0 Å². The molecule has 0 spiro atoms. The van der Waals surface area contributed by atoms with Crippen LogP contribution >= 0.6 is 0 Å². The summed E-state index contributed by atoms with van der Waals surface area (Å²) in [5, 5.41) is 39.1. The van der Waals surface area contributed by atoms with Crippen LogP contribution in [0.25, 0.3) is 0 Å². The van der Waals surface area contributed by atoms with Gasteiger partial charge in [0.2, 0.25) is 5.79 Å². The molecule has 0 rings (SSSR count). The lowest BCUT2D eigenvalue weighted by Gasteiger charge is -2.37. The largest absolute Gasteiger partial charge is 0.393 e. The van der Waals surface area contributed by atoms with Crippen LogP contribution in [0.1, 0.15) is 55.4 Å². The van der Waals surface area contributed by atoms with E-state index < -0.39 is 42.4 Å². The topological polar surface area (TPSA) is 118 Å². The lowest BCUT2D eigenvalue weighted by atomic mass is 10.1. The SMILES string of the molecule is CC(O)C(C)COC(COC(C)C(C)O)(COC(C)C(C)O)OCC(C)C(C)O. The molecule has 0 saturated heterocycles. The van der Waals surface area contributed by atoms with E-state index in [0.717, 1.165) is 0 Å². The number of aliphatic hydroxyl groups excluding tert-OH is 4. The summed E-state index contributed by atoms with van der Waals surface area (Å²) in [7, 11) is 0. The Hall–Kier alpha value is -0.320. The first-order valence-corrected chi connectivity index (χ1v) is 10.5. The van der Waals surface area contributed by atoms with E-state index >= 15 is 0 Å². The number of ether oxygens (including phenoxy) is 4. The van der Waals surface area contributed by atoms with Crippen LogP contribution in [0.2, 0.25) is 0 Å². The van der Waals surface area contributed by atoms with Gasteiger partial charge in [-0.25, -0.2) is 0 Å². The van der Waals surface area contributed by atoms with Crippen LogP contribution in [0.15, 0.2) is 0 Å².